The molecule has 0 unspecified atom stereocenters. The average Bonchev–Trinajstić information content (AvgIpc) is 2.65. The quantitative estimate of drug-likeness (QED) is 0.573. The van der Waals surface area contributed by atoms with Gasteiger partial charge in [0.25, 0.3) is 5.92 Å². The summed E-state index contributed by atoms with van der Waals surface area (Å²) in [6.45, 7) is 12.8. The van der Waals surface area contributed by atoms with Crippen molar-refractivity contribution in [3.8, 4) is 0 Å². The SMILES string of the molecule is C=C(C)/C=c1/c(C)nc(CCCCc2c(CC)cccc2C(C)(F)F)n/c1=C/C. The average molecular weight is 399 g/mol. The fourth-order valence-electron chi connectivity index (χ4n) is 3.68. The molecule has 0 spiro atoms. The van der Waals surface area contributed by atoms with E-state index in [-0.39, 0.29) is 5.56 Å². The van der Waals surface area contributed by atoms with Gasteiger partial charge in [-0.1, -0.05) is 43.4 Å². The topological polar surface area (TPSA) is 25.8 Å². The van der Waals surface area contributed by atoms with Crippen LogP contribution in [0.1, 0.15) is 68.7 Å². The van der Waals surface area contributed by atoms with Crippen LogP contribution in [0.4, 0.5) is 8.78 Å². The van der Waals surface area contributed by atoms with Gasteiger partial charge in [0.2, 0.25) is 0 Å². The number of hydrogen-bond acceptors (Lipinski definition) is 2. The molecular formula is C25H32F2N2. The zero-order valence-corrected chi connectivity index (χ0v) is 18.3. The Morgan fingerprint density at radius 1 is 1.17 bits per heavy atom. The molecule has 2 nitrogen and oxygen atoms in total. The van der Waals surface area contributed by atoms with E-state index in [9.17, 15) is 8.78 Å². The molecule has 0 amide bonds. The first kappa shape index (κ1) is 22.9. The summed E-state index contributed by atoms with van der Waals surface area (Å²) in [5, 5.41) is 1.93. The van der Waals surface area contributed by atoms with Crippen molar-refractivity contribution in [2.45, 2.75) is 72.6 Å². The number of aryl methyl sites for hydroxylation is 3. The van der Waals surface area contributed by atoms with E-state index >= 15 is 0 Å². The fraction of sp³-hybridized carbons (Fsp3) is 0.440. The van der Waals surface area contributed by atoms with Crippen molar-refractivity contribution in [1.29, 1.82) is 0 Å². The Hall–Kier alpha value is -2.36. The highest BCUT2D eigenvalue weighted by molar-refractivity contribution is 5.45. The molecule has 156 valence electrons. The molecule has 0 fully saturated rings. The normalized spacial score (nSPS) is 13.2. The van der Waals surface area contributed by atoms with Crippen molar-refractivity contribution >= 4 is 12.2 Å². The van der Waals surface area contributed by atoms with E-state index in [4.69, 9.17) is 0 Å². The number of nitrogens with zero attached hydrogens (tertiary/aromatic N) is 2. The first-order valence-electron chi connectivity index (χ1n) is 10.3. The van der Waals surface area contributed by atoms with Crippen molar-refractivity contribution in [2.24, 2.45) is 0 Å². The first-order valence-corrected chi connectivity index (χ1v) is 10.3. The van der Waals surface area contributed by atoms with E-state index in [1.54, 1.807) is 12.1 Å². The van der Waals surface area contributed by atoms with Gasteiger partial charge in [0, 0.05) is 29.8 Å². The number of benzene rings is 1. The predicted molar refractivity (Wildman–Crippen MR) is 117 cm³/mol. The molecular weight excluding hydrogens is 366 g/mol. The number of aromatic nitrogens is 2. The Bertz CT molecular complexity index is 985. The number of unbranched alkanes of at least 4 members (excludes halogenated alkanes) is 1. The van der Waals surface area contributed by atoms with Gasteiger partial charge in [-0.25, -0.2) is 18.7 Å². The summed E-state index contributed by atoms with van der Waals surface area (Å²) in [6.07, 6.45) is 7.82. The number of hydrogen-bond donors (Lipinski definition) is 0. The fourth-order valence-corrected chi connectivity index (χ4v) is 3.68. The molecule has 1 aromatic heterocycles. The molecule has 0 radical (unpaired) electrons. The minimum atomic E-state index is -2.82. The second kappa shape index (κ2) is 9.91. The highest BCUT2D eigenvalue weighted by atomic mass is 19.3. The maximum absolute atomic E-state index is 14.0. The van der Waals surface area contributed by atoms with Gasteiger partial charge in [-0.2, -0.15) is 0 Å². The van der Waals surface area contributed by atoms with Crippen LogP contribution in [0.5, 0.6) is 0 Å². The highest BCUT2D eigenvalue weighted by Gasteiger charge is 2.28. The van der Waals surface area contributed by atoms with Gasteiger partial charge in [0.05, 0.1) is 5.35 Å². The third-order valence-electron chi connectivity index (χ3n) is 5.08. The summed E-state index contributed by atoms with van der Waals surface area (Å²) in [4.78, 5) is 9.33. The van der Waals surface area contributed by atoms with Crippen molar-refractivity contribution < 1.29 is 8.78 Å². The zero-order chi connectivity index (χ0) is 21.6. The van der Waals surface area contributed by atoms with Gasteiger partial charge >= 0.3 is 0 Å². The summed E-state index contributed by atoms with van der Waals surface area (Å²) in [5.74, 6) is -2.01. The monoisotopic (exact) mass is 398 g/mol. The van der Waals surface area contributed by atoms with Crippen molar-refractivity contribution in [3.05, 3.63) is 69.1 Å². The van der Waals surface area contributed by atoms with Crippen LogP contribution in [-0.4, -0.2) is 9.97 Å². The molecule has 0 saturated heterocycles. The summed E-state index contributed by atoms with van der Waals surface area (Å²) in [7, 11) is 0. The summed E-state index contributed by atoms with van der Waals surface area (Å²) >= 11 is 0. The van der Waals surface area contributed by atoms with Gasteiger partial charge < -0.3 is 0 Å². The highest BCUT2D eigenvalue weighted by Crippen LogP contribution is 2.32. The molecule has 0 aliphatic rings. The van der Waals surface area contributed by atoms with Crippen LogP contribution < -0.4 is 10.6 Å². The molecule has 4 heteroatoms. The van der Waals surface area contributed by atoms with Crippen LogP contribution in [0.3, 0.4) is 0 Å². The number of rotatable bonds is 8. The van der Waals surface area contributed by atoms with Gasteiger partial charge in [0.1, 0.15) is 5.82 Å². The van der Waals surface area contributed by atoms with E-state index in [1.165, 1.54) is 0 Å². The minimum Gasteiger partial charge on any atom is -0.238 e. The van der Waals surface area contributed by atoms with E-state index in [0.717, 1.165) is 71.4 Å². The molecule has 0 aliphatic carbocycles. The minimum absolute atomic E-state index is 0.159. The Labute approximate surface area is 173 Å². The maximum Gasteiger partial charge on any atom is 0.270 e. The van der Waals surface area contributed by atoms with Crippen molar-refractivity contribution in [1.82, 2.24) is 9.97 Å². The lowest BCUT2D eigenvalue weighted by atomic mass is 9.92. The molecule has 0 N–H and O–H groups in total. The molecule has 0 bridgehead atoms. The van der Waals surface area contributed by atoms with Gasteiger partial charge in [-0.15, -0.1) is 0 Å². The summed E-state index contributed by atoms with van der Waals surface area (Å²) < 4.78 is 28.1. The summed E-state index contributed by atoms with van der Waals surface area (Å²) in [5.41, 5.74) is 3.87. The maximum atomic E-state index is 14.0. The van der Waals surface area contributed by atoms with E-state index in [0.29, 0.717) is 6.42 Å². The number of halogens is 2. The predicted octanol–water partition coefficient (Wildman–Crippen LogP) is 5.18. The van der Waals surface area contributed by atoms with Gasteiger partial charge in [-0.05, 0) is 63.7 Å². The number of allylic oxidation sites excluding steroid dienone is 1. The van der Waals surface area contributed by atoms with Crippen LogP contribution >= 0.6 is 0 Å². The van der Waals surface area contributed by atoms with Crippen molar-refractivity contribution in [2.75, 3.05) is 0 Å². The van der Waals surface area contributed by atoms with Crippen LogP contribution in [0, 0.1) is 6.92 Å². The molecule has 29 heavy (non-hydrogen) atoms. The van der Waals surface area contributed by atoms with E-state index < -0.39 is 5.92 Å². The Kier molecular flexibility index (Phi) is 7.83. The standard InChI is InChI=1S/C25H32F2N2/c1-7-19-12-11-14-22(25(6,26)27)20(19)13-9-10-15-24-28-18(5)21(16-17(3)4)23(8-2)29-24/h8,11-12,14,16H,3,7,9-10,13,15H2,1-2,4-6H3/b21-16-,23-8+. The van der Waals surface area contributed by atoms with Crippen LogP contribution in [-0.2, 0) is 25.2 Å². The third-order valence-corrected chi connectivity index (χ3v) is 5.08. The smallest absolute Gasteiger partial charge is 0.238 e. The van der Waals surface area contributed by atoms with Crippen LogP contribution in [0.25, 0.3) is 12.2 Å². The Balaban J connectivity index is 2.15. The lowest BCUT2D eigenvalue weighted by Crippen LogP contribution is -2.33. The molecule has 2 aromatic rings. The van der Waals surface area contributed by atoms with Crippen LogP contribution in [0.15, 0.2) is 30.4 Å². The van der Waals surface area contributed by atoms with Crippen LogP contribution in [0.2, 0.25) is 0 Å². The van der Waals surface area contributed by atoms with E-state index in [1.807, 2.05) is 45.9 Å². The van der Waals surface area contributed by atoms with E-state index in [2.05, 4.69) is 16.5 Å². The first-order chi connectivity index (χ1) is 13.7. The zero-order valence-electron chi connectivity index (χ0n) is 18.3. The Morgan fingerprint density at radius 2 is 1.86 bits per heavy atom. The van der Waals surface area contributed by atoms with Gasteiger partial charge in [-0.3, -0.25) is 0 Å². The second-order valence-electron chi connectivity index (χ2n) is 7.70. The molecule has 0 atom stereocenters. The lowest BCUT2D eigenvalue weighted by Gasteiger charge is -2.19. The third kappa shape index (κ3) is 6.06. The molecule has 1 aromatic carbocycles. The number of alkyl halides is 2. The van der Waals surface area contributed by atoms with Crippen molar-refractivity contribution in [3.63, 3.8) is 0 Å². The second-order valence-corrected chi connectivity index (χ2v) is 7.70. The molecule has 2 rings (SSSR count). The molecule has 0 saturated carbocycles. The Morgan fingerprint density at radius 3 is 2.45 bits per heavy atom. The lowest BCUT2D eigenvalue weighted by molar-refractivity contribution is 0.0164. The summed E-state index contributed by atoms with van der Waals surface area (Å²) in [6, 6.07) is 5.25. The van der Waals surface area contributed by atoms with Gasteiger partial charge in [0.15, 0.2) is 0 Å². The molecule has 0 aliphatic heterocycles. The molecule has 1 heterocycles. The largest absolute Gasteiger partial charge is 0.270 e.